The molecular weight excluding hydrogens is 445 g/mol. The normalized spacial score (nSPS) is 14.5. The van der Waals surface area contributed by atoms with Gasteiger partial charge in [0, 0.05) is 28.2 Å². The average molecular weight is 474 g/mol. The minimum absolute atomic E-state index is 0.0709. The van der Waals surface area contributed by atoms with Crippen molar-refractivity contribution >= 4 is 39.9 Å². The molecule has 0 bridgehead atoms. The molecule has 1 aliphatic carbocycles. The number of carbonyl (C=O) groups excluding carboxylic acids is 3. The van der Waals surface area contributed by atoms with Crippen LogP contribution in [0.5, 0.6) is 0 Å². The van der Waals surface area contributed by atoms with Crippen LogP contribution in [0.1, 0.15) is 31.2 Å². The van der Waals surface area contributed by atoms with Gasteiger partial charge in [0.05, 0.1) is 0 Å². The number of hydrogen-bond acceptors (Lipinski definition) is 4. The van der Waals surface area contributed by atoms with E-state index in [1.807, 2.05) is 19.1 Å². The van der Waals surface area contributed by atoms with Gasteiger partial charge in [0.15, 0.2) is 0 Å². The third-order valence-electron chi connectivity index (χ3n) is 5.35. The Morgan fingerprint density at radius 1 is 1.03 bits per heavy atom. The SMILES string of the molecule is Cc1ccc(NC(=O)C[S@@](=O)CC(=O)N(CC(=O)NC2CCCC2)c2cccc(F)c2)cc1. The number of amides is 3. The summed E-state index contributed by atoms with van der Waals surface area (Å²) >= 11 is 0. The summed E-state index contributed by atoms with van der Waals surface area (Å²) in [6, 6.07) is 12.5. The van der Waals surface area contributed by atoms with Gasteiger partial charge in [-0.25, -0.2) is 4.39 Å². The molecule has 1 atom stereocenters. The highest BCUT2D eigenvalue weighted by Gasteiger charge is 2.24. The van der Waals surface area contributed by atoms with Crippen LogP contribution >= 0.6 is 0 Å². The summed E-state index contributed by atoms with van der Waals surface area (Å²) < 4.78 is 26.3. The second-order valence-electron chi connectivity index (χ2n) is 8.15. The summed E-state index contributed by atoms with van der Waals surface area (Å²) in [6.07, 6.45) is 3.86. The summed E-state index contributed by atoms with van der Waals surface area (Å²) in [4.78, 5) is 38.8. The summed E-state index contributed by atoms with van der Waals surface area (Å²) in [6.45, 7) is 1.61. The van der Waals surface area contributed by atoms with Gasteiger partial charge in [0.1, 0.15) is 23.9 Å². The van der Waals surface area contributed by atoms with Crippen molar-refractivity contribution in [2.75, 3.05) is 28.3 Å². The predicted molar refractivity (Wildman–Crippen MR) is 127 cm³/mol. The Bertz CT molecular complexity index is 1020. The molecular formula is C24H28FN3O4S. The van der Waals surface area contributed by atoms with Crippen LogP contribution in [0.3, 0.4) is 0 Å². The van der Waals surface area contributed by atoms with E-state index < -0.39 is 34.2 Å². The van der Waals surface area contributed by atoms with Gasteiger partial charge < -0.3 is 15.5 Å². The van der Waals surface area contributed by atoms with Crippen molar-refractivity contribution in [3.8, 4) is 0 Å². The molecule has 7 nitrogen and oxygen atoms in total. The maximum Gasteiger partial charge on any atom is 0.240 e. The van der Waals surface area contributed by atoms with Gasteiger partial charge in [-0.3, -0.25) is 18.6 Å². The van der Waals surface area contributed by atoms with Crippen molar-refractivity contribution in [2.45, 2.75) is 38.6 Å². The van der Waals surface area contributed by atoms with E-state index in [0.717, 1.165) is 42.2 Å². The van der Waals surface area contributed by atoms with Crippen molar-refractivity contribution < 1.29 is 23.0 Å². The van der Waals surface area contributed by atoms with E-state index in [9.17, 15) is 23.0 Å². The first-order valence-corrected chi connectivity index (χ1v) is 12.4. The molecule has 1 fully saturated rings. The van der Waals surface area contributed by atoms with E-state index in [1.54, 1.807) is 12.1 Å². The number of hydrogen-bond donors (Lipinski definition) is 2. The van der Waals surface area contributed by atoms with Gasteiger partial charge in [-0.05, 0) is 50.1 Å². The highest BCUT2D eigenvalue weighted by Crippen LogP contribution is 2.19. The monoisotopic (exact) mass is 473 g/mol. The molecule has 9 heteroatoms. The molecule has 2 aromatic rings. The maximum atomic E-state index is 13.8. The van der Waals surface area contributed by atoms with Crippen LogP contribution in [0.15, 0.2) is 48.5 Å². The number of carbonyl (C=O) groups is 3. The van der Waals surface area contributed by atoms with Crippen LogP contribution in [0, 0.1) is 12.7 Å². The maximum absolute atomic E-state index is 13.8. The molecule has 2 aromatic carbocycles. The molecule has 0 unspecified atom stereocenters. The summed E-state index contributed by atoms with van der Waals surface area (Å²) in [5.74, 6) is -2.85. The number of benzene rings is 2. The van der Waals surface area contributed by atoms with Gasteiger partial charge >= 0.3 is 0 Å². The topological polar surface area (TPSA) is 95.6 Å². The average Bonchev–Trinajstić information content (AvgIpc) is 3.26. The number of anilines is 2. The Hall–Kier alpha value is -3.07. The lowest BCUT2D eigenvalue weighted by Gasteiger charge is -2.23. The molecule has 3 rings (SSSR count). The predicted octanol–water partition coefficient (Wildman–Crippen LogP) is 2.91. The van der Waals surface area contributed by atoms with Crippen LogP contribution in [0.4, 0.5) is 15.8 Å². The standard InChI is InChI=1S/C24H28FN3O4S/c1-17-9-11-20(12-10-17)27-23(30)15-33(32)16-24(31)28(21-8-4-5-18(25)13-21)14-22(29)26-19-6-2-3-7-19/h4-5,8-13,19H,2-3,6-7,14-16H2,1H3,(H,26,29)(H,27,30)/t33-/m1/s1. The summed E-state index contributed by atoms with van der Waals surface area (Å²) in [5, 5.41) is 5.54. The molecule has 0 radical (unpaired) electrons. The lowest BCUT2D eigenvalue weighted by molar-refractivity contribution is -0.123. The third-order valence-corrected chi connectivity index (χ3v) is 6.51. The molecule has 0 heterocycles. The van der Waals surface area contributed by atoms with Crippen LogP contribution in [0.25, 0.3) is 0 Å². The quantitative estimate of drug-likeness (QED) is 0.585. The highest BCUT2D eigenvalue weighted by molar-refractivity contribution is 7.86. The van der Waals surface area contributed by atoms with E-state index in [4.69, 9.17) is 0 Å². The van der Waals surface area contributed by atoms with Gasteiger partial charge in [-0.1, -0.05) is 36.6 Å². The number of aryl methyl sites for hydroxylation is 1. The third kappa shape index (κ3) is 7.78. The molecule has 176 valence electrons. The zero-order valence-electron chi connectivity index (χ0n) is 18.5. The number of rotatable bonds is 9. The fourth-order valence-electron chi connectivity index (χ4n) is 3.70. The van der Waals surface area contributed by atoms with Crippen LogP contribution in [-0.4, -0.2) is 46.0 Å². The Labute approximate surface area is 195 Å². The molecule has 33 heavy (non-hydrogen) atoms. The lowest BCUT2D eigenvalue weighted by Crippen LogP contribution is -2.45. The molecule has 3 amide bonds. The van der Waals surface area contributed by atoms with Gasteiger partial charge in [-0.15, -0.1) is 0 Å². The lowest BCUT2D eigenvalue weighted by atomic mass is 10.2. The molecule has 1 saturated carbocycles. The molecule has 0 aliphatic heterocycles. The smallest absolute Gasteiger partial charge is 0.240 e. The van der Waals surface area contributed by atoms with Crippen molar-refractivity contribution in [1.29, 1.82) is 0 Å². The van der Waals surface area contributed by atoms with Crippen molar-refractivity contribution in [3.63, 3.8) is 0 Å². The van der Waals surface area contributed by atoms with Crippen molar-refractivity contribution in [2.24, 2.45) is 0 Å². The van der Waals surface area contributed by atoms with Crippen LogP contribution < -0.4 is 15.5 Å². The minimum Gasteiger partial charge on any atom is -0.352 e. The second-order valence-corrected chi connectivity index (χ2v) is 9.61. The first-order chi connectivity index (χ1) is 15.8. The zero-order chi connectivity index (χ0) is 23.8. The van der Waals surface area contributed by atoms with E-state index in [1.165, 1.54) is 18.2 Å². The number of halogens is 1. The molecule has 0 saturated heterocycles. The van der Waals surface area contributed by atoms with Gasteiger partial charge in [-0.2, -0.15) is 0 Å². The van der Waals surface area contributed by atoms with E-state index >= 15 is 0 Å². The van der Waals surface area contributed by atoms with Gasteiger partial charge in [0.25, 0.3) is 0 Å². The first kappa shape index (κ1) is 24.6. The molecule has 0 aromatic heterocycles. The molecule has 1 aliphatic rings. The zero-order valence-corrected chi connectivity index (χ0v) is 19.3. The second kappa shape index (κ2) is 11.7. The van der Waals surface area contributed by atoms with E-state index in [0.29, 0.717) is 5.69 Å². The molecule has 0 spiro atoms. The summed E-state index contributed by atoms with van der Waals surface area (Å²) in [5.41, 5.74) is 1.80. The summed E-state index contributed by atoms with van der Waals surface area (Å²) in [7, 11) is -1.81. The highest BCUT2D eigenvalue weighted by atomic mass is 32.2. The van der Waals surface area contributed by atoms with Crippen LogP contribution in [-0.2, 0) is 25.2 Å². The molecule has 2 N–H and O–H groups in total. The first-order valence-electron chi connectivity index (χ1n) is 10.9. The fourth-order valence-corrected chi connectivity index (χ4v) is 4.60. The fraction of sp³-hybridized carbons (Fsp3) is 0.375. The van der Waals surface area contributed by atoms with Crippen molar-refractivity contribution in [1.82, 2.24) is 5.32 Å². The number of nitrogens with one attached hydrogen (secondary N) is 2. The Balaban J connectivity index is 1.61. The Morgan fingerprint density at radius 2 is 1.73 bits per heavy atom. The van der Waals surface area contributed by atoms with Crippen LogP contribution in [0.2, 0.25) is 0 Å². The van der Waals surface area contributed by atoms with Crippen molar-refractivity contribution in [3.05, 3.63) is 59.9 Å². The minimum atomic E-state index is -1.81. The largest absolute Gasteiger partial charge is 0.352 e. The Kier molecular flexibility index (Phi) is 8.71. The van der Waals surface area contributed by atoms with E-state index in [2.05, 4.69) is 10.6 Å². The number of nitrogens with zero attached hydrogens (tertiary/aromatic N) is 1. The Morgan fingerprint density at radius 3 is 2.39 bits per heavy atom. The van der Waals surface area contributed by atoms with E-state index in [-0.39, 0.29) is 29.9 Å². The van der Waals surface area contributed by atoms with Gasteiger partial charge in [0.2, 0.25) is 17.7 Å².